The maximum Gasteiger partial charge on any atom is 0.329 e. The fourth-order valence-corrected chi connectivity index (χ4v) is 5.57. The van der Waals surface area contributed by atoms with E-state index >= 15 is 0 Å². The Morgan fingerprint density at radius 2 is 1.51 bits per heavy atom. The molecule has 206 valence electrons. The van der Waals surface area contributed by atoms with Crippen molar-refractivity contribution in [1.29, 1.82) is 0 Å². The first kappa shape index (κ1) is 26.9. The van der Waals surface area contributed by atoms with Crippen LogP contribution in [0.2, 0.25) is 0 Å². The van der Waals surface area contributed by atoms with E-state index < -0.39 is 57.2 Å². The SMILES string of the molecule is CC(F)(F)c1ccc(S(=O)(=O)n2nc(N3CC(F)(F)C(F)(F)C3)c3c(OCc4ccccc4)cccc32)cc1. The van der Waals surface area contributed by atoms with Crippen LogP contribution in [-0.4, -0.2) is 42.5 Å². The van der Waals surface area contributed by atoms with E-state index in [9.17, 15) is 34.8 Å². The predicted octanol–water partition coefficient (Wildman–Crippen LogP) is 6.05. The van der Waals surface area contributed by atoms with Crippen LogP contribution in [0.1, 0.15) is 18.1 Å². The molecule has 1 saturated heterocycles. The molecule has 2 heterocycles. The summed E-state index contributed by atoms with van der Waals surface area (Å²) in [5, 5.41) is 3.93. The van der Waals surface area contributed by atoms with Crippen LogP contribution < -0.4 is 9.64 Å². The molecule has 4 aromatic rings. The zero-order valence-electron chi connectivity index (χ0n) is 20.3. The number of benzene rings is 3. The van der Waals surface area contributed by atoms with Crippen molar-refractivity contribution in [2.24, 2.45) is 0 Å². The second-order valence-electron chi connectivity index (χ2n) is 9.27. The normalized spacial score (nSPS) is 17.1. The van der Waals surface area contributed by atoms with Crippen molar-refractivity contribution in [1.82, 2.24) is 9.19 Å². The minimum atomic E-state index is -4.57. The van der Waals surface area contributed by atoms with Crippen LogP contribution in [-0.2, 0) is 22.6 Å². The number of fused-ring (bicyclic) bond motifs is 1. The lowest BCUT2D eigenvalue weighted by atomic mass is 10.1. The lowest BCUT2D eigenvalue weighted by Gasteiger charge is -2.15. The third-order valence-corrected chi connectivity index (χ3v) is 7.96. The summed E-state index contributed by atoms with van der Waals surface area (Å²) in [4.78, 5) is 0.198. The minimum Gasteiger partial charge on any atom is -0.488 e. The molecular formula is C26H21F6N3O3S. The quantitative estimate of drug-likeness (QED) is 0.254. The Kier molecular flexibility index (Phi) is 6.32. The topological polar surface area (TPSA) is 64.4 Å². The molecule has 0 unspecified atom stereocenters. The smallest absolute Gasteiger partial charge is 0.329 e. The predicted molar refractivity (Wildman–Crippen MR) is 131 cm³/mol. The highest BCUT2D eigenvalue weighted by Gasteiger charge is 2.63. The van der Waals surface area contributed by atoms with Crippen LogP contribution in [0.4, 0.5) is 32.2 Å². The zero-order chi connectivity index (χ0) is 28.2. The summed E-state index contributed by atoms with van der Waals surface area (Å²) in [7, 11) is -4.57. The molecule has 1 aromatic heterocycles. The second-order valence-corrected chi connectivity index (χ2v) is 11.0. The summed E-state index contributed by atoms with van der Waals surface area (Å²) in [6.07, 6.45) is 0. The number of nitrogens with zero attached hydrogens (tertiary/aromatic N) is 3. The zero-order valence-corrected chi connectivity index (χ0v) is 21.1. The van der Waals surface area contributed by atoms with Gasteiger partial charge in [0.2, 0.25) is 0 Å². The lowest BCUT2D eigenvalue weighted by molar-refractivity contribution is -0.172. The van der Waals surface area contributed by atoms with Crippen LogP contribution >= 0.6 is 0 Å². The average Bonchev–Trinajstić information content (AvgIpc) is 3.37. The summed E-state index contributed by atoms with van der Waals surface area (Å²) in [5.41, 5.74) is 0.188. The van der Waals surface area contributed by atoms with Gasteiger partial charge >= 0.3 is 11.8 Å². The van der Waals surface area contributed by atoms with Crippen molar-refractivity contribution < 1.29 is 39.5 Å². The lowest BCUT2D eigenvalue weighted by Crippen LogP contribution is -2.38. The molecule has 0 radical (unpaired) electrons. The molecule has 1 aliphatic rings. The highest BCUT2D eigenvalue weighted by molar-refractivity contribution is 7.90. The highest BCUT2D eigenvalue weighted by atomic mass is 32.2. The molecule has 0 spiro atoms. The van der Waals surface area contributed by atoms with Gasteiger partial charge < -0.3 is 9.64 Å². The highest BCUT2D eigenvalue weighted by Crippen LogP contribution is 2.45. The van der Waals surface area contributed by atoms with E-state index in [0.29, 0.717) is 15.9 Å². The number of aromatic nitrogens is 2. The van der Waals surface area contributed by atoms with Crippen molar-refractivity contribution in [3.63, 3.8) is 0 Å². The summed E-state index contributed by atoms with van der Waals surface area (Å²) in [6, 6.07) is 16.9. The molecule has 0 atom stereocenters. The van der Waals surface area contributed by atoms with Crippen molar-refractivity contribution in [2.75, 3.05) is 18.0 Å². The Hall–Kier alpha value is -3.74. The monoisotopic (exact) mass is 569 g/mol. The van der Waals surface area contributed by atoms with Gasteiger partial charge in [-0.2, -0.15) is 30.1 Å². The molecule has 0 bridgehead atoms. The Balaban J connectivity index is 1.64. The van der Waals surface area contributed by atoms with E-state index in [4.69, 9.17) is 4.74 Å². The third-order valence-electron chi connectivity index (χ3n) is 6.36. The number of alkyl halides is 6. The van der Waals surface area contributed by atoms with E-state index in [-0.39, 0.29) is 23.3 Å². The molecule has 0 saturated carbocycles. The van der Waals surface area contributed by atoms with Crippen molar-refractivity contribution >= 4 is 26.7 Å². The summed E-state index contributed by atoms with van der Waals surface area (Å²) in [5.74, 6) is -12.4. The maximum absolute atomic E-state index is 14.1. The number of hydrogen-bond donors (Lipinski definition) is 0. The van der Waals surface area contributed by atoms with E-state index in [2.05, 4.69) is 5.10 Å². The van der Waals surface area contributed by atoms with Gasteiger partial charge in [0.15, 0.2) is 5.82 Å². The largest absolute Gasteiger partial charge is 0.488 e. The molecule has 5 rings (SSSR count). The molecule has 13 heteroatoms. The number of halogens is 6. The van der Waals surface area contributed by atoms with Crippen molar-refractivity contribution in [2.45, 2.75) is 36.2 Å². The number of ether oxygens (including phenoxy) is 1. The second kappa shape index (κ2) is 9.18. The minimum absolute atomic E-state index is 0.0103. The van der Waals surface area contributed by atoms with Gasteiger partial charge in [-0.1, -0.05) is 48.5 Å². The van der Waals surface area contributed by atoms with Gasteiger partial charge in [-0.05, 0) is 29.8 Å². The van der Waals surface area contributed by atoms with Crippen LogP contribution in [0.15, 0.2) is 77.7 Å². The molecule has 1 fully saturated rings. The summed E-state index contributed by atoms with van der Waals surface area (Å²) in [6.45, 7) is -2.14. The summed E-state index contributed by atoms with van der Waals surface area (Å²) >= 11 is 0. The Morgan fingerprint density at radius 3 is 2.10 bits per heavy atom. The molecule has 1 aliphatic heterocycles. The molecule has 6 nitrogen and oxygen atoms in total. The first-order valence-corrected chi connectivity index (χ1v) is 13.1. The van der Waals surface area contributed by atoms with E-state index in [1.807, 2.05) is 0 Å². The average molecular weight is 570 g/mol. The van der Waals surface area contributed by atoms with Gasteiger partial charge in [0.25, 0.3) is 15.9 Å². The first-order valence-electron chi connectivity index (χ1n) is 11.6. The number of rotatable bonds is 7. The van der Waals surface area contributed by atoms with Crippen LogP contribution in [0.3, 0.4) is 0 Å². The van der Waals surface area contributed by atoms with Crippen LogP contribution in [0.5, 0.6) is 5.75 Å². The molecule has 0 N–H and O–H groups in total. The van der Waals surface area contributed by atoms with Crippen LogP contribution in [0.25, 0.3) is 10.9 Å². The summed E-state index contributed by atoms with van der Waals surface area (Å²) < 4.78 is 117. The van der Waals surface area contributed by atoms with Gasteiger partial charge in [0, 0.05) is 12.5 Å². The Morgan fingerprint density at radius 1 is 0.897 bits per heavy atom. The molecule has 0 aliphatic carbocycles. The molecule has 39 heavy (non-hydrogen) atoms. The van der Waals surface area contributed by atoms with Gasteiger partial charge in [-0.3, -0.25) is 0 Å². The molecule has 3 aromatic carbocycles. The van der Waals surface area contributed by atoms with Crippen LogP contribution in [0, 0.1) is 0 Å². The Bertz CT molecular complexity index is 1600. The van der Waals surface area contributed by atoms with E-state index in [1.165, 1.54) is 18.2 Å². The van der Waals surface area contributed by atoms with E-state index in [0.717, 1.165) is 29.8 Å². The van der Waals surface area contributed by atoms with Crippen molar-refractivity contribution in [3.8, 4) is 5.75 Å². The molecule has 0 amide bonds. The van der Waals surface area contributed by atoms with Gasteiger partial charge in [-0.15, -0.1) is 5.10 Å². The maximum atomic E-state index is 14.1. The first-order chi connectivity index (χ1) is 18.2. The third kappa shape index (κ3) is 4.79. The Labute approximate surface area is 219 Å². The van der Waals surface area contributed by atoms with E-state index in [1.54, 1.807) is 30.3 Å². The van der Waals surface area contributed by atoms with Crippen molar-refractivity contribution in [3.05, 3.63) is 83.9 Å². The van der Waals surface area contributed by atoms with Gasteiger partial charge in [0.05, 0.1) is 28.9 Å². The van der Waals surface area contributed by atoms with Gasteiger partial charge in [0.1, 0.15) is 12.4 Å². The van der Waals surface area contributed by atoms with Gasteiger partial charge in [-0.25, -0.2) is 8.78 Å². The fourth-order valence-electron chi connectivity index (χ4n) is 4.29. The fraction of sp³-hybridized carbons (Fsp3) is 0.269. The molecular weight excluding hydrogens is 548 g/mol. The number of anilines is 1. The standard InChI is InChI=1S/C26H21F6N3O3S/c1-24(27,28)18-10-12-19(13-11-18)39(36,37)35-20-8-5-9-21(38-14-17-6-3-2-4-7-17)22(20)23(33-35)34-15-25(29,30)26(31,32)16-34/h2-13H,14-16H2,1H3. The number of hydrogen-bond acceptors (Lipinski definition) is 5.